The summed E-state index contributed by atoms with van der Waals surface area (Å²) in [6.45, 7) is 0.170. The number of aliphatic hydroxyl groups excluding tert-OH is 1. The first-order chi connectivity index (χ1) is 11.6. The lowest BCUT2D eigenvalue weighted by Crippen LogP contribution is -2.28. The quantitative estimate of drug-likeness (QED) is 0.653. The van der Waals surface area contributed by atoms with E-state index in [-0.39, 0.29) is 12.5 Å². The first kappa shape index (κ1) is 16.9. The molecule has 24 heavy (non-hydrogen) atoms. The summed E-state index contributed by atoms with van der Waals surface area (Å²) >= 11 is 5.00. The minimum atomic E-state index is -0.738. The van der Waals surface area contributed by atoms with Gasteiger partial charge in [-0.1, -0.05) is 46.3 Å². The minimum Gasteiger partial charge on any atom is -0.387 e. The van der Waals surface area contributed by atoms with Gasteiger partial charge in [0.2, 0.25) is 0 Å². The molecular weight excluding hydrogens is 386 g/mol. The lowest BCUT2D eigenvalue weighted by atomic mass is 10.0. The predicted molar refractivity (Wildman–Crippen MR) is 101 cm³/mol. The van der Waals surface area contributed by atoms with Crippen molar-refractivity contribution in [3.8, 4) is 11.1 Å². The SMILES string of the molecule is O=C(NC[C@@H](O)c1ccc(-c2ccsc2)cc1)c1cccc(Br)c1. The first-order valence-electron chi connectivity index (χ1n) is 7.48. The highest BCUT2D eigenvalue weighted by atomic mass is 79.9. The third kappa shape index (κ3) is 4.12. The number of aliphatic hydroxyl groups is 1. The highest BCUT2D eigenvalue weighted by Gasteiger charge is 2.11. The Morgan fingerprint density at radius 1 is 1.12 bits per heavy atom. The molecule has 0 saturated carbocycles. The van der Waals surface area contributed by atoms with Crippen LogP contribution in [-0.2, 0) is 0 Å². The minimum absolute atomic E-state index is 0.170. The van der Waals surface area contributed by atoms with Gasteiger partial charge in [-0.2, -0.15) is 11.3 Å². The van der Waals surface area contributed by atoms with E-state index in [0.29, 0.717) is 5.56 Å². The number of hydrogen-bond donors (Lipinski definition) is 2. The van der Waals surface area contributed by atoms with Crippen LogP contribution in [0, 0.1) is 0 Å². The number of thiophene rings is 1. The van der Waals surface area contributed by atoms with Crippen LogP contribution >= 0.6 is 27.3 Å². The van der Waals surface area contributed by atoms with Crippen LogP contribution in [0.3, 0.4) is 0 Å². The van der Waals surface area contributed by atoms with Crippen LogP contribution in [0.1, 0.15) is 22.0 Å². The van der Waals surface area contributed by atoms with Crippen molar-refractivity contribution in [2.24, 2.45) is 0 Å². The van der Waals surface area contributed by atoms with Gasteiger partial charge in [0.05, 0.1) is 6.10 Å². The van der Waals surface area contributed by atoms with Gasteiger partial charge in [0.15, 0.2) is 0 Å². The van der Waals surface area contributed by atoms with Gasteiger partial charge in [0.1, 0.15) is 0 Å². The molecule has 0 unspecified atom stereocenters. The molecule has 1 heterocycles. The fourth-order valence-corrected chi connectivity index (χ4v) is 3.43. The van der Waals surface area contributed by atoms with Crippen LogP contribution in [0.4, 0.5) is 0 Å². The van der Waals surface area contributed by atoms with Crippen LogP contribution in [0.5, 0.6) is 0 Å². The number of halogens is 1. The van der Waals surface area contributed by atoms with E-state index in [1.807, 2.05) is 35.7 Å². The molecule has 0 fully saturated rings. The summed E-state index contributed by atoms with van der Waals surface area (Å²) in [5.74, 6) is -0.203. The maximum Gasteiger partial charge on any atom is 0.251 e. The lowest BCUT2D eigenvalue weighted by Gasteiger charge is -2.13. The summed E-state index contributed by atoms with van der Waals surface area (Å²) in [5.41, 5.74) is 3.63. The number of carbonyl (C=O) groups excluding carboxylic acids is 1. The van der Waals surface area contributed by atoms with Crippen molar-refractivity contribution < 1.29 is 9.90 Å². The van der Waals surface area contributed by atoms with Crippen LogP contribution < -0.4 is 5.32 Å². The van der Waals surface area contributed by atoms with Crippen molar-refractivity contribution in [1.82, 2.24) is 5.32 Å². The molecule has 0 radical (unpaired) electrons. The second-order valence-electron chi connectivity index (χ2n) is 5.37. The monoisotopic (exact) mass is 401 g/mol. The fraction of sp³-hybridized carbons (Fsp3) is 0.105. The van der Waals surface area contributed by atoms with E-state index < -0.39 is 6.10 Å². The van der Waals surface area contributed by atoms with Crippen LogP contribution in [-0.4, -0.2) is 17.6 Å². The van der Waals surface area contributed by atoms with E-state index in [1.165, 1.54) is 5.56 Å². The summed E-state index contributed by atoms with van der Waals surface area (Å²) < 4.78 is 0.847. The number of rotatable bonds is 5. The first-order valence-corrected chi connectivity index (χ1v) is 9.21. The summed E-state index contributed by atoms with van der Waals surface area (Å²) in [4.78, 5) is 12.1. The van der Waals surface area contributed by atoms with Gasteiger partial charge < -0.3 is 10.4 Å². The molecule has 0 aliphatic heterocycles. The zero-order valence-corrected chi connectivity index (χ0v) is 15.2. The Labute approximate surface area is 153 Å². The number of hydrogen-bond acceptors (Lipinski definition) is 3. The van der Waals surface area contributed by atoms with Gasteiger partial charge in [-0.05, 0) is 51.7 Å². The summed E-state index contributed by atoms with van der Waals surface area (Å²) in [7, 11) is 0. The number of nitrogens with one attached hydrogen (secondary N) is 1. The summed E-state index contributed by atoms with van der Waals surface area (Å²) in [6, 6.07) is 17.0. The third-order valence-corrected chi connectivity index (χ3v) is 4.87. The molecule has 2 aromatic carbocycles. The number of amides is 1. The molecule has 0 aliphatic carbocycles. The Hall–Kier alpha value is -1.95. The average Bonchev–Trinajstić information content (AvgIpc) is 3.14. The smallest absolute Gasteiger partial charge is 0.251 e. The van der Waals surface area contributed by atoms with Gasteiger partial charge in [-0.3, -0.25) is 4.79 Å². The van der Waals surface area contributed by atoms with Gasteiger partial charge in [-0.15, -0.1) is 0 Å². The van der Waals surface area contributed by atoms with Crippen molar-refractivity contribution in [1.29, 1.82) is 0 Å². The van der Waals surface area contributed by atoms with E-state index in [1.54, 1.807) is 29.5 Å². The highest BCUT2D eigenvalue weighted by Crippen LogP contribution is 2.24. The largest absolute Gasteiger partial charge is 0.387 e. The standard InChI is InChI=1S/C19H16BrNO2S/c20-17-3-1-2-15(10-17)19(23)21-11-18(22)14-6-4-13(5-7-14)16-8-9-24-12-16/h1-10,12,18,22H,11H2,(H,21,23)/t18-/m1/s1. The molecule has 3 nitrogen and oxygen atoms in total. The van der Waals surface area contributed by atoms with Crippen molar-refractivity contribution in [2.75, 3.05) is 6.54 Å². The molecule has 3 aromatic rings. The Kier molecular flexibility index (Phi) is 5.45. The number of benzene rings is 2. The second-order valence-corrected chi connectivity index (χ2v) is 7.07. The normalized spacial score (nSPS) is 11.9. The molecule has 3 rings (SSSR count). The molecule has 1 atom stereocenters. The molecule has 0 saturated heterocycles. The second kappa shape index (κ2) is 7.75. The molecule has 0 spiro atoms. The maximum atomic E-state index is 12.1. The van der Waals surface area contributed by atoms with Gasteiger partial charge in [0.25, 0.3) is 5.91 Å². The molecule has 1 aromatic heterocycles. The van der Waals surface area contributed by atoms with Crippen LogP contribution in [0.2, 0.25) is 0 Å². The Bertz CT molecular complexity index is 816. The molecule has 1 amide bonds. The van der Waals surface area contributed by atoms with Crippen molar-refractivity contribution in [2.45, 2.75) is 6.10 Å². The van der Waals surface area contributed by atoms with Gasteiger partial charge >= 0.3 is 0 Å². The zero-order chi connectivity index (χ0) is 16.9. The molecule has 2 N–H and O–H groups in total. The molecule has 0 bridgehead atoms. The lowest BCUT2D eigenvalue weighted by molar-refractivity contribution is 0.0916. The average molecular weight is 402 g/mol. The fourth-order valence-electron chi connectivity index (χ4n) is 2.37. The number of carbonyl (C=O) groups is 1. The topological polar surface area (TPSA) is 49.3 Å². The van der Waals surface area contributed by atoms with Crippen LogP contribution in [0.15, 0.2) is 69.8 Å². The maximum absolute atomic E-state index is 12.1. The Balaban J connectivity index is 1.60. The highest BCUT2D eigenvalue weighted by molar-refractivity contribution is 9.10. The van der Waals surface area contributed by atoms with E-state index in [9.17, 15) is 9.90 Å². The summed E-state index contributed by atoms with van der Waals surface area (Å²) in [6.07, 6.45) is -0.738. The van der Waals surface area contributed by atoms with E-state index in [0.717, 1.165) is 15.6 Å². The Morgan fingerprint density at radius 3 is 2.58 bits per heavy atom. The van der Waals surface area contributed by atoms with E-state index in [2.05, 4.69) is 32.7 Å². The predicted octanol–water partition coefficient (Wildman–Crippen LogP) is 4.64. The van der Waals surface area contributed by atoms with Crippen LogP contribution in [0.25, 0.3) is 11.1 Å². The third-order valence-electron chi connectivity index (χ3n) is 3.69. The molecule has 0 aliphatic rings. The molecular formula is C19H16BrNO2S. The molecule has 5 heteroatoms. The van der Waals surface area contributed by atoms with Crippen molar-refractivity contribution in [3.05, 3.63) is 81.0 Å². The molecule has 122 valence electrons. The van der Waals surface area contributed by atoms with Gasteiger partial charge in [-0.25, -0.2) is 0 Å². The van der Waals surface area contributed by atoms with Gasteiger partial charge in [0, 0.05) is 16.6 Å². The van der Waals surface area contributed by atoms with Crippen molar-refractivity contribution >= 4 is 33.2 Å². The summed E-state index contributed by atoms with van der Waals surface area (Å²) in [5, 5.41) is 17.2. The Morgan fingerprint density at radius 2 is 1.92 bits per heavy atom. The van der Waals surface area contributed by atoms with E-state index >= 15 is 0 Å². The zero-order valence-electron chi connectivity index (χ0n) is 12.8. The van der Waals surface area contributed by atoms with E-state index in [4.69, 9.17) is 0 Å². The van der Waals surface area contributed by atoms with Crippen molar-refractivity contribution in [3.63, 3.8) is 0 Å².